The average Bonchev–Trinajstić information content (AvgIpc) is 1.24. The van der Waals surface area contributed by atoms with Crippen LogP contribution < -0.4 is 26.2 Å². The first-order valence-electron chi connectivity index (χ1n) is 49.2. The Labute approximate surface area is 684 Å². The quantitative estimate of drug-likeness (QED) is 0.164. The van der Waals surface area contributed by atoms with E-state index in [1.54, 1.807) is 8.80 Å². The number of rotatable bonds is 3. The molecule has 0 radical (unpaired) electrons. The predicted molar refractivity (Wildman–Crippen MR) is 484 cm³/mol. The van der Waals surface area contributed by atoms with E-state index < -0.39 is 149 Å². The van der Waals surface area contributed by atoms with Crippen molar-refractivity contribution in [3.63, 3.8) is 0 Å². The number of hydrogen-bond acceptors (Lipinski definition) is 2. The van der Waals surface area contributed by atoms with E-state index >= 15 is 0 Å². The summed E-state index contributed by atoms with van der Waals surface area (Å²) in [6.45, 7) is 24.5. The van der Waals surface area contributed by atoms with Crippen molar-refractivity contribution in [1.29, 1.82) is 0 Å². The summed E-state index contributed by atoms with van der Waals surface area (Å²) in [5.41, 5.74) is 6.67. The molecule has 7 heterocycles. The largest absolute Gasteiger partial charge is 0.311 e. The molecule has 0 aliphatic carbocycles. The maximum Gasteiger partial charge on any atom is 0.252 e. The standard InChI is InChI=1S/C106H86BN5/c1-103(2,3)63-51-64(104(4,5)6)54-67(53-63)109-96-61-94-86(76-37-19-15-33-72(76)70-31-13-17-35-74(70)82-43-29-45-84-80-41-23-27-49-92(80)111(94)101(82)84)59-88(96)107-89-60-87-77-38-20-16-34-73(77)71-32-14-18-36-75(71)83-44-30-46-85-81-42-24-28-50-93(81)112(102(83)85)95(87)62-97(89)110(68-55-65(105(7,8)9)52-66(56-68)106(10,11)12)99-58-69(57-98(109)100(99)107)108-90-47-25-21-39-78(90)79-40-22-26-48-91(79)108/h13-62H,1-12H3/i21D,22D,23D,24D,25D,26D,27D,28D,29D,30D,39D,40D,41D,42D,43D,44D,45D,46D,47D,48D,49D,50D. The van der Waals surface area contributed by atoms with Crippen molar-refractivity contribution in [3.05, 3.63) is 325 Å². The Kier molecular flexibility index (Phi) is 9.94. The Morgan fingerprint density at radius 3 is 0.848 bits per heavy atom. The Balaban J connectivity index is 1.09. The van der Waals surface area contributed by atoms with Gasteiger partial charge in [-0.1, -0.05) is 313 Å². The summed E-state index contributed by atoms with van der Waals surface area (Å²) in [5.74, 6) is 0. The topological polar surface area (TPSA) is 20.2 Å². The fourth-order valence-electron chi connectivity index (χ4n) is 18.2. The van der Waals surface area contributed by atoms with Crippen molar-refractivity contribution in [3.8, 4) is 5.69 Å². The highest BCUT2D eigenvalue weighted by Crippen LogP contribution is 2.52. The lowest BCUT2D eigenvalue weighted by molar-refractivity contribution is 0.568. The predicted octanol–water partition coefficient (Wildman–Crippen LogP) is 27.2. The van der Waals surface area contributed by atoms with Gasteiger partial charge in [0.25, 0.3) is 6.71 Å². The van der Waals surface area contributed by atoms with Crippen molar-refractivity contribution >= 4 is 198 Å². The molecule has 0 amide bonds. The molecule has 0 atom stereocenters. The summed E-state index contributed by atoms with van der Waals surface area (Å²) in [6.07, 6.45) is 0. The number of anilines is 6. The number of aromatic nitrogens is 3. The second kappa shape index (κ2) is 23.5. The van der Waals surface area contributed by atoms with Crippen LogP contribution in [0, 0.1) is 0 Å². The van der Waals surface area contributed by atoms with Crippen LogP contribution in [-0.2, 0) is 21.7 Å². The van der Waals surface area contributed by atoms with E-state index in [-0.39, 0.29) is 94.0 Å². The van der Waals surface area contributed by atoms with Gasteiger partial charge in [0.15, 0.2) is 0 Å². The molecule has 0 saturated heterocycles. The third kappa shape index (κ3) is 9.57. The molecular formula is C106H86BN5. The van der Waals surface area contributed by atoms with Gasteiger partial charge in [0.1, 0.15) is 0 Å². The van der Waals surface area contributed by atoms with E-state index in [9.17, 15) is 30.2 Å². The SMILES string of the molecule is [2H]c1c([2H])c([2H])c2c(c1[2H])c1c([2H])c([2H])c([2H])c([2H])c1n2-c1cc2c3c(c1)N(c1cc(C(C)(C)C)cc(C(C)(C)C)c1)c1cc4c(cc1B3c1cc3c5ccccc5c5ccccc5c5c([2H])c([2H])c([2H])c6c7c([2H])c([2H])c([2H])c([2H])c7n(c3cc1N2c1cc(C(C)(C)C)cc(C(C)(C)C)c1)c56)c1ccccc1c1ccccc1c1c([2H])c([2H])c([2H])c2c3c([2H])c([2H])c([2H])c([2H])c3n4c12. The molecule has 0 N–H and O–H groups in total. The highest BCUT2D eigenvalue weighted by Gasteiger charge is 2.46. The normalized spacial score (nSPS) is 16.2. The third-order valence-electron chi connectivity index (χ3n) is 23.7. The number of fused-ring (bicyclic) bond motifs is 27. The number of hydrogen-bond donors (Lipinski definition) is 0. The van der Waals surface area contributed by atoms with Gasteiger partial charge in [-0.3, -0.25) is 0 Å². The van der Waals surface area contributed by atoms with Gasteiger partial charge in [0.2, 0.25) is 0 Å². The molecule has 112 heavy (non-hydrogen) atoms. The van der Waals surface area contributed by atoms with Crippen molar-refractivity contribution in [1.82, 2.24) is 13.4 Å². The maximum atomic E-state index is 10.4. The van der Waals surface area contributed by atoms with Gasteiger partial charge >= 0.3 is 0 Å². The minimum atomic E-state index is -1.07. The first-order valence-corrected chi connectivity index (χ1v) is 38.2. The third-order valence-corrected chi connectivity index (χ3v) is 23.7. The average molecular weight is 1460 g/mol. The Bertz CT molecular complexity index is 8480. The molecule has 5 aromatic heterocycles. The number of benzene rings is 15. The first-order chi connectivity index (χ1) is 63.3. The Morgan fingerprint density at radius 2 is 0.518 bits per heavy atom. The summed E-state index contributed by atoms with van der Waals surface area (Å²) in [7, 11) is 0. The fourth-order valence-corrected chi connectivity index (χ4v) is 18.2. The molecule has 2 aliphatic rings. The lowest BCUT2D eigenvalue weighted by Crippen LogP contribution is -2.61. The van der Waals surface area contributed by atoms with Gasteiger partial charge in [-0.2, -0.15) is 0 Å². The molecule has 0 spiro atoms. The van der Waals surface area contributed by atoms with Crippen LogP contribution in [0.3, 0.4) is 0 Å². The molecule has 5 nitrogen and oxygen atoms in total. The van der Waals surface area contributed by atoms with Crippen LogP contribution in [0.4, 0.5) is 34.1 Å². The second-order valence-electron chi connectivity index (χ2n) is 34.4. The Hall–Kier alpha value is -12.6. The zero-order chi connectivity index (χ0) is 95.1. The summed E-state index contributed by atoms with van der Waals surface area (Å²) < 4.78 is 224. The van der Waals surface area contributed by atoms with Gasteiger partial charge < -0.3 is 23.2 Å². The number of nitrogens with zero attached hydrogens (tertiary/aromatic N) is 5. The van der Waals surface area contributed by atoms with Crippen molar-refractivity contribution in [2.24, 2.45) is 0 Å². The minimum absolute atomic E-state index is 0.00403. The fraction of sp³-hybridized carbons (Fsp3) is 0.151. The van der Waals surface area contributed by atoms with Gasteiger partial charge in [-0.15, -0.1) is 0 Å². The molecule has 20 aromatic rings. The monoisotopic (exact) mass is 1460 g/mol. The van der Waals surface area contributed by atoms with Crippen LogP contribution >= 0.6 is 0 Å². The molecule has 538 valence electrons. The van der Waals surface area contributed by atoms with E-state index in [1.165, 1.54) is 4.57 Å². The van der Waals surface area contributed by atoms with Crippen molar-refractivity contribution in [2.75, 3.05) is 9.80 Å². The van der Waals surface area contributed by atoms with E-state index in [0.717, 1.165) is 22.3 Å². The zero-order valence-corrected chi connectivity index (χ0v) is 64.0. The van der Waals surface area contributed by atoms with Crippen molar-refractivity contribution < 1.29 is 30.2 Å². The lowest BCUT2D eigenvalue weighted by atomic mass is 9.33. The van der Waals surface area contributed by atoms with E-state index in [0.29, 0.717) is 115 Å². The summed E-state index contributed by atoms with van der Waals surface area (Å²) in [5, 5.41) is 5.72. The van der Waals surface area contributed by atoms with Crippen LogP contribution in [0.5, 0.6) is 0 Å². The van der Waals surface area contributed by atoms with E-state index in [4.69, 9.17) is 0 Å². The Morgan fingerprint density at radius 1 is 0.241 bits per heavy atom. The minimum Gasteiger partial charge on any atom is -0.311 e. The van der Waals surface area contributed by atoms with Gasteiger partial charge in [-0.05, 0) is 176 Å². The molecule has 6 heteroatoms. The zero-order valence-electron chi connectivity index (χ0n) is 86.0. The van der Waals surface area contributed by atoms with E-state index in [2.05, 4.69) is 141 Å². The van der Waals surface area contributed by atoms with Gasteiger partial charge in [0, 0.05) is 88.0 Å². The highest BCUT2D eigenvalue weighted by molar-refractivity contribution is 7.00. The number of para-hydroxylation sites is 6. The molecule has 0 fully saturated rings. The molecule has 2 aliphatic heterocycles. The van der Waals surface area contributed by atoms with Crippen LogP contribution in [-0.4, -0.2) is 20.1 Å². The maximum absolute atomic E-state index is 10.4. The van der Waals surface area contributed by atoms with Gasteiger partial charge in [0.05, 0.1) is 80.0 Å². The van der Waals surface area contributed by atoms with Crippen LogP contribution in [0.2, 0.25) is 0 Å². The molecule has 0 unspecified atom stereocenters. The van der Waals surface area contributed by atoms with Crippen LogP contribution in [0.15, 0.2) is 303 Å². The van der Waals surface area contributed by atoms with Gasteiger partial charge in [-0.25, -0.2) is 0 Å². The summed E-state index contributed by atoms with van der Waals surface area (Å²) in [4.78, 5) is 4.32. The van der Waals surface area contributed by atoms with E-state index in [1.807, 2.05) is 121 Å². The molecule has 0 bridgehead atoms. The summed E-state index contributed by atoms with van der Waals surface area (Å²) in [6, 6.07) is 44.3. The molecule has 22 rings (SSSR count). The first kappa shape index (κ1) is 47.4. The highest BCUT2D eigenvalue weighted by atomic mass is 15.2. The smallest absolute Gasteiger partial charge is 0.252 e. The van der Waals surface area contributed by atoms with Crippen LogP contribution in [0.25, 0.3) is 147 Å². The molecule has 15 aromatic carbocycles. The summed E-state index contributed by atoms with van der Waals surface area (Å²) >= 11 is 0. The van der Waals surface area contributed by atoms with Crippen molar-refractivity contribution in [2.45, 2.75) is 105 Å². The molecule has 0 saturated carbocycles. The molecular weight excluding hydrogens is 1350 g/mol. The second-order valence-corrected chi connectivity index (χ2v) is 34.4. The lowest BCUT2D eigenvalue weighted by Gasteiger charge is -2.45. The van der Waals surface area contributed by atoms with Crippen LogP contribution in [0.1, 0.15) is 135 Å².